The van der Waals surface area contributed by atoms with Crippen molar-refractivity contribution in [1.29, 1.82) is 0 Å². The number of benzene rings is 1. The Labute approximate surface area is 126 Å². The second kappa shape index (κ2) is 5.99. The third-order valence-corrected chi connectivity index (χ3v) is 3.96. The molecule has 4 N–H and O–H groups in total. The van der Waals surface area contributed by atoms with Crippen molar-refractivity contribution in [3.63, 3.8) is 0 Å². The molecule has 0 radical (unpaired) electrons. The Kier molecular flexibility index (Phi) is 4.52. The Hall–Kier alpha value is -1.30. The molecule has 0 spiro atoms. The van der Waals surface area contributed by atoms with E-state index in [9.17, 15) is 9.59 Å². The molecule has 1 aromatic carbocycles. The van der Waals surface area contributed by atoms with Gasteiger partial charge in [0.1, 0.15) is 0 Å². The number of nitrogens with two attached hydrogens (primary N) is 1. The van der Waals surface area contributed by atoms with Crippen molar-refractivity contribution in [3.8, 4) is 0 Å². The zero-order valence-corrected chi connectivity index (χ0v) is 12.0. The van der Waals surface area contributed by atoms with E-state index in [2.05, 4.69) is 5.32 Å². The Morgan fingerprint density at radius 2 is 2.00 bits per heavy atom. The number of hydrogen-bond acceptors (Lipinski definition) is 3. The number of carbonyl (C=O) groups excluding carboxylic acids is 1. The molecule has 1 amide bonds. The van der Waals surface area contributed by atoms with Crippen molar-refractivity contribution in [3.05, 3.63) is 27.7 Å². The number of nitrogens with one attached hydrogen (secondary N) is 1. The third-order valence-electron chi connectivity index (χ3n) is 3.44. The van der Waals surface area contributed by atoms with Crippen LogP contribution in [0, 0.1) is 5.92 Å². The van der Waals surface area contributed by atoms with Gasteiger partial charge >= 0.3 is 5.97 Å². The monoisotopic (exact) mass is 316 g/mol. The maximum absolute atomic E-state index is 12.2. The molecule has 1 aliphatic carbocycles. The van der Waals surface area contributed by atoms with Crippen molar-refractivity contribution >= 4 is 40.8 Å². The number of carboxylic acid groups (broad SMARTS) is 1. The van der Waals surface area contributed by atoms with Crippen molar-refractivity contribution in [2.75, 3.05) is 5.32 Å². The number of carbonyl (C=O) groups is 2. The highest BCUT2D eigenvalue weighted by atomic mass is 35.5. The van der Waals surface area contributed by atoms with Crippen LogP contribution >= 0.6 is 23.2 Å². The summed E-state index contributed by atoms with van der Waals surface area (Å²) in [5, 5.41) is 12.0. The molecule has 1 fully saturated rings. The van der Waals surface area contributed by atoms with Gasteiger partial charge in [0.2, 0.25) is 5.91 Å². The van der Waals surface area contributed by atoms with Gasteiger partial charge in [0.25, 0.3) is 0 Å². The molecule has 2 rings (SSSR count). The van der Waals surface area contributed by atoms with Crippen LogP contribution in [0.5, 0.6) is 0 Å². The molecule has 7 heteroatoms. The summed E-state index contributed by atoms with van der Waals surface area (Å²) < 4.78 is 0. The standard InChI is InChI=1S/C13H14Cl2N2O3/c14-6-4-8(13(19)20)11(9(15)5-6)17-12(18)7-2-1-3-10(7)16/h4-5,7,10H,1-3,16H2,(H,17,18)(H,19,20). The topological polar surface area (TPSA) is 92.4 Å². The van der Waals surface area contributed by atoms with Crippen LogP contribution in [0.4, 0.5) is 5.69 Å². The van der Waals surface area contributed by atoms with Gasteiger partial charge < -0.3 is 16.2 Å². The van der Waals surface area contributed by atoms with Gasteiger partial charge in [-0.2, -0.15) is 0 Å². The Bertz CT molecular complexity index is 563. The molecule has 5 nitrogen and oxygen atoms in total. The molecular formula is C13H14Cl2N2O3. The smallest absolute Gasteiger partial charge is 0.337 e. The largest absolute Gasteiger partial charge is 0.478 e. The minimum absolute atomic E-state index is 0.0627. The lowest BCUT2D eigenvalue weighted by molar-refractivity contribution is -0.120. The van der Waals surface area contributed by atoms with Crippen LogP contribution in [0.2, 0.25) is 10.0 Å². The number of aromatic carboxylic acids is 1. The number of carboxylic acids is 1. The van der Waals surface area contributed by atoms with E-state index < -0.39 is 5.97 Å². The minimum Gasteiger partial charge on any atom is -0.478 e. The molecule has 0 bridgehead atoms. The number of halogens is 2. The van der Waals surface area contributed by atoms with E-state index in [-0.39, 0.29) is 39.2 Å². The van der Waals surface area contributed by atoms with Gasteiger partial charge in [-0.05, 0) is 25.0 Å². The molecule has 1 saturated carbocycles. The molecule has 1 aromatic rings. The van der Waals surface area contributed by atoms with Crippen molar-refractivity contribution in [2.24, 2.45) is 11.7 Å². The summed E-state index contributed by atoms with van der Waals surface area (Å²) in [4.78, 5) is 23.4. The minimum atomic E-state index is -1.21. The number of rotatable bonds is 3. The van der Waals surface area contributed by atoms with Gasteiger partial charge in [-0.3, -0.25) is 4.79 Å². The van der Waals surface area contributed by atoms with Crippen LogP contribution in [-0.2, 0) is 4.79 Å². The van der Waals surface area contributed by atoms with Gasteiger partial charge in [0.05, 0.1) is 22.2 Å². The summed E-state index contributed by atoms with van der Waals surface area (Å²) in [5.74, 6) is -1.83. The first-order valence-electron chi connectivity index (χ1n) is 6.19. The summed E-state index contributed by atoms with van der Waals surface area (Å²) in [6.07, 6.45) is 2.37. The first-order valence-corrected chi connectivity index (χ1v) is 6.94. The second-order valence-electron chi connectivity index (χ2n) is 4.81. The fraction of sp³-hybridized carbons (Fsp3) is 0.385. The predicted molar refractivity (Wildman–Crippen MR) is 77.4 cm³/mol. The van der Waals surface area contributed by atoms with Gasteiger partial charge in [-0.15, -0.1) is 0 Å². The summed E-state index contributed by atoms with van der Waals surface area (Å²) >= 11 is 11.7. The molecule has 108 valence electrons. The van der Waals surface area contributed by atoms with Gasteiger partial charge in [-0.25, -0.2) is 4.79 Å². The van der Waals surface area contributed by atoms with Crippen LogP contribution in [0.3, 0.4) is 0 Å². The predicted octanol–water partition coefficient (Wildman–Crippen LogP) is 2.76. The van der Waals surface area contributed by atoms with E-state index in [1.165, 1.54) is 12.1 Å². The SMILES string of the molecule is NC1CCCC1C(=O)Nc1c(Cl)cc(Cl)cc1C(=O)O. The summed E-state index contributed by atoms with van der Waals surface area (Å²) in [6, 6.07) is 2.44. The maximum atomic E-state index is 12.2. The van der Waals surface area contributed by atoms with E-state index >= 15 is 0 Å². The second-order valence-corrected chi connectivity index (χ2v) is 5.65. The lowest BCUT2D eigenvalue weighted by Crippen LogP contribution is -2.34. The number of amides is 1. The zero-order valence-electron chi connectivity index (χ0n) is 10.5. The number of hydrogen-bond donors (Lipinski definition) is 3. The molecule has 2 unspecified atom stereocenters. The van der Waals surface area contributed by atoms with E-state index in [0.29, 0.717) is 6.42 Å². The molecular weight excluding hydrogens is 303 g/mol. The average molecular weight is 317 g/mol. The van der Waals surface area contributed by atoms with Gasteiger partial charge in [0, 0.05) is 11.1 Å². The first-order chi connectivity index (χ1) is 9.40. The molecule has 0 aromatic heterocycles. The van der Waals surface area contributed by atoms with Crippen LogP contribution in [0.25, 0.3) is 0 Å². The van der Waals surface area contributed by atoms with Gasteiger partial charge in [-0.1, -0.05) is 29.6 Å². The number of anilines is 1. The summed E-state index contributed by atoms with van der Waals surface area (Å²) in [6.45, 7) is 0. The molecule has 2 atom stereocenters. The van der Waals surface area contributed by atoms with Crippen LogP contribution in [0.1, 0.15) is 29.6 Å². The fourth-order valence-electron chi connectivity index (χ4n) is 2.40. The van der Waals surface area contributed by atoms with Crippen molar-refractivity contribution in [1.82, 2.24) is 0 Å². The van der Waals surface area contributed by atoms with Gasteiger partial charge in [0.15, 0.2) is 0 Å². The Morgan fingerprint density at radius 3 is 2.55 bits per heavy atom. The van der Waals surface area contributed by atoms with Crippen molar-refractivity contribution in [2.45, 2.75) is 25.3 Å². The molecule has 1 aliphatic rings. The van der Waals surface area contributed by atoms with Crippen LogP contribution < -0.4 is 11.1 Å². The molecule has 0 saturated heterocycles. The highest BCUT2D eigenvalue weighted by molar-refractivity contribution is 6.37. The molecule has 0 heterocycles. The third kappa shape index (κ3) is 3.06. The highest BCUT2D eigenvalue weighted by Crippen LogP contribution is 2.32. The van der Waals surface area contributed by atoms with E-state index in [4.69, 9.17) is 34.0 Å². The first kappa shape index (κ1) is 15.1. The highest BCUT2D eigenvalue weighted by Gasteiger charge is 2.31. The summed E-state index contributed by atoms with van der Waals surface area (Å²) in [7, 11) is 0. The molecule has 0 aliphatic heterocycles. The van der Waals surface area contributed by atoms with Crippen molar-refractivity contribution < 1.29 is 14.7 Å². The average Bonchev–Trinajstić information content (AvgIpc) is 2.78. The lowest BCUT2D eigenvalue weighted by Gasteiger charge is -2.17. The summed E-state index contributed by atoms with van der Waals surface area (Å²) in [5.41, 5.74) is 5.79. The van der Waals surface area contributed by atoms with E-state index in [1.807, 2.05) is 0 Å². The normalized spacial score (nSPS) is 21.8. The zero-order chi connectivity index (χ0) is 14.9. The quantitative estimate of drug-likeness (QED) is 0.799. The maximum Gasteiger partial charge on any atom is 0.337 e. The van der Waals surface area contributed by atoms with Crippen LogP contribution in [0.15, 0.2) is 12.1 Å². The Balaban J connectivity index is 2.29. The Morgan fingerprint density at radius 1 is 1.30 bits per heavy atom. The fourth-order valence-corrected chi connectivity index (χ4v) is 2.94. The van der Waals surface area contributed by atoms with E-state index in [1.54, 1.807) is 0 Å². The van der Waals surface area contributed by atoms with E-state index in [0.717, 1.165) is 12.8 Å². The molecule has 20 heavy (non-hydrogen) atoms. The lowest BCUT2D eigenvalue weighted by atomic mass is 10.0. The van der Waals surface area contributed by atoms with Crippen LogP contribution in [-0.4, -0.2) is 23.0 Å².